The highest BCUT2D eigenvalue weighted by atomic mass is 35.5. The first-order valence-electron chi connectivity index (χ1n) is 7.96. The summed E-state index contributed by atoms with van der Waals surface area (Å²) in [5.41, 5.74) is 0.0786. The lowest BCUT2D eigenvalue weighted by atomic mass is 10.2. The number of para-hydroxylation sites is 2. The van der Waals surface area contributed by atoms with Gasteiger partial charge in [0.05, 0.1) is 23.6 Å². The van der Waals surface area contributed by atoms with E-state index in [1.54, 1.807) is 24.3 Å². The number of methoxy groups -OCH3 is 1. The first-order chi connectivity index (χ1) is 13.0. The van der Waals surface area contributed by atoms with E-state index in [9.17, 15) is 14.0 Å². The standard InChI is InChI=1S/C19H15ClFNO4S/c1-25-15-7-2-3-8-16(15)26-10-9-22-18(23)17(27-19(22)24)11-12-13(20)5-4-6-14(12)21/h2-8,11H,9-10H2,1H3/b17-11-. The first kappa shape index (κ1) is 19.3. The number of halogens is 2. The summed E-state index contributed by atoms with van der Waals surface area (Å²) >= 11 is 6.71. The molecule has 5 nitrogen and oxygen atoms in total. The molecule has 1 aliphatic rings. The van der Waals surface area contributed by atoms with E-state index in [1.165, 1.54) is 31.4 Å². The molecule has 2 amide bonds. The molecule has 0 radical (unpaired) electrons. The largest absolute Gasteiger partial charge is 0.493 e. The number of thioether (sulfide) groups is 1. The number of ether oxygens (including phenoxy) is 2. The van der Waals surface area contributed by atoms with Gasteiger partial charge in [0, 0.05) is 5.56 Å². The fourth-order valence-electron chi connectivity index (χ4n) is 2.46. The van der Waals surface area contributed by atoms with Crippen LogP contribution in [0.3, 0.4) is 0 Å². The predicted octanol–water partition coefficient (Wildman–Crippen LogP) is 4.60. The number of hydrogen-bond donors (Lipinski definition) is 0. The Morgan fingerprint density at radius 1 is 1.15 bits per heavy atom. The molecule has 0 atom stereocenters. The lowest BCUT2D eigenvalue weighted by Crippen LogP contribution is -2.32. The number of carbonyl (C=O) groups excluding carboxylic acids is 2. The highest BCUT2D eigenvalue weighted by molar-refractivity contribution is 8.18. The lowest BCUT2D eigenvalue weighted by Gasteiger charge is -2.14. The van der Waals surface area contributed by atoms with E-state index in [4.69, 9.17) is 21.1 Å². The van der Waals surface area contributed by atoms with Gasteiger partial charge >= 0.3 is 0 Å². The summed E-state index contributed by atoms with van der Waals surface area (Å²) in [6, 6.07) is 11.3. The Labute approximate surface area is 164 Å². The highest BCUT2D eigenvalue weighted by Gasteiger charge is 2.35. The predicted molar refractivity (Wildman–Crippen MR) is 103 cm³/mol. The molecule has 140 valence electrons. The molecule has 0 saturated carbocycles. The Hall–Kier alpha value is -2.51. The van der Waals surface area contributed by atoms with Gasteiger partial charge in [0.25, 0.3) is 11.1 Å². The monoisotopic (exact) mass is 407 g/mol. The number of carbonyl (C=O) groups is 2. The smallest absolute Gasteiger partial charge is 0.293 e. The van der Waals surface area contributed by atoms with Crippen molar-refractivity contribution in [3.05, 3.63) is 63.8 Å². The Morgan fingerprint density at radius 2 is 1.89 bits per heavy atom. The zero-order valence-electron chi connectivity index (χ0n) is 14.3. The van der Waals surface area contributed by atoms with Crippen molar-refractivity contribution in [2.24, 2.45) is 0 Å². The van der Waals surface area contributed by atoms with E-state index in [2.05, 4.69) is 0 Å². The molecule has 2 aromatic rings. The van der Waals surface area contributed by atoms with Crippen molar-refractivity contribution in [2.45, 2.75) is 0 Å². The third-order valence-corrected chi connectivity index (χ3v) is 5.03. The van der Waals surface area contributed by atoms with Crippen LogP contribution in [0.4, 0.5) is 9.18 Å². The molecular formula is C19H15ClFNO4S. The lowest BCUT2D eigenvalue weighted by molar-refractivity contribution is -0.123. The van der Waals surface area contributed by atoms with Gasteiger partial charge in [0.1, 0.15) is 12.4 Å². The summed E-state index contributed by atoms with van der Waals surface area (Å²) in [6.07, 6.45) is 1.30. The molecule has 0 bridgehead atoms. The molecule has 1 saturated heterocycles. The second-order valence-corrected chi connectivity index (χ2v) is 6.87. The zero-order valence-corrected chi connectivity index (χ0v) is 15.8. The molecule has 8 heteroatoms. The topological polar surface area (TPSA) is 55.8 Å². The molecule has 0 aromatic heterocycles. The van der Waals surface area contributed by atoms with Crippen molar-refractivity contribution in [1.82, 2.24) is 4.90 Å². The van der Waals surface area contributed by atoms with E-state index in [0.717, 1.165) is 16.7 Å². The molecule has 0 aliphatic carbocycles. The number of hydrogen-bond acceptors (Lipinski definition) is 5. The number of rotatable bonds is 6. The Morgan fingerprint density at radius 3 is 2.59 bits per heavy atom. The molecule has 1 heterocycles. The van der Waals surface area contributed by atoms with Crippen LogP contribution >= 0.6 is 23.4 Å². The maximum atomic E-state index is 13.9. The maximum Gasteiger partial charge on any atom is 0.293 e. The van der Waals surface area contributed by atoms with Crippen LogP contribution < -0.4 is 9.47 Å². The Kier molecular flexibility index (Phi) is 6.03. The Bertz CT molecular complexity index is 898. The third-order valence-electron chi connectivity index (χ3n) is 3.79. The van der Waals surface area contributed by atoms with Gasteiger partial charge in [-0.05, 0) is 42.1 Å². The SMILES string of the molecule is COc1ccccc1OCCN1C(=O)S/C(=C\c2c(F)cccc2Cl)C1=O. The van der Waals surface area contributed by atoms with Crippen molar-refractivity contribution in [3.8, 4) is 11.5 Å². The average Bonchev–Trinajstić information content (AvgIpc) is 2.92. The average molecular weight is 408 g/mol. The van der Waals surface area contributed by atoms with Gasteiger partial charge in [0.2, 0.25) is 0 Å². The minimum absolute atomic E-state index is 0.0606. The zero-order chi connectivity index (χ0) is 19.4. The minimum atomic E-state index is -0.561. The van der Waals surface area contributed by atoms with Crippen LogP contribution in [0.15, 0.2) is 47.4 Å². The van der Waals surface area contributed by atoms with Crippen LogP contribution in [0.1, 0.15) is 5.56 Å². The summed E-state index contributed by atoms with van der Waals surface area (Å²) in [7, 11) is 1.53. The molecule has 27 heavy (non-hydrogen) atoms. The van der Waals surface area contributed by atoms with Crippen LogP contribution in [-0.2, 0) is 4.79 Å². The van der Waals surface area contributed by atoms with Crippen molar-refractivity contribution < 1.29 is 23.5 Å². The fourth-order valence-corrected chi connectivity index (χ4v) is 3.52. The molecule has 1 aliphatic heterocycles. The maximum absolute atomic E-state index is 13.9. The summed E-state index contributed by atoms with van der Waals surface area (Å²) < 4.78 is 24.7. The van der Waals surface area contributed by atoms with Crippen molar-refractivity contribution >= 4 is 40.6 Å². The van der Waals surface area contributed by atoms with E-state index >= 15 is 0 Å². The van der Waals surface area contributed by atoms with Crippen molar-refractivity contribution in [2.75, 3.05) is 20.3 Å². The first-order valence-corrected chi connectivity index (χ1v) is 9.16. The molecule has 0 unspecified atom stereocenters. The van der Waals surface area contributed by atoms with Gasteiger partial charge in [-0.2, -0.15) is 0 Å². The summed E-state index contributed by atoms with van der Waals surface area (Å²) in [6.45, 7) is 0.164. The Balaban J connectivity index is 1.69. The molecule has 1 fully saturated rings. The van der Waals surface area contributed by atoms with Gasteiger partial charge in [-0.25, -0.2) is 4.39 Å². The van der Waals surface area contributed by atoms with Gasteiger partial charge in [-0.1, -0.05) is 29.8 Å². The van der Waals surface area contributed by atoms with Crippen LogP contribution in [0.25, 0.3) is 6.08 Å². The van der Waals surface area contributed by atoms with Gasteiger partial charge in [0.15, 0.2) is 11.5 Å². The number of amides is 2. The van der Waals surface area contributed by atoms with E-state index in [0.29, 0.717) is 11.5 Å². The molecule has 3 rings (SSSR count). The van der Waals surface area contributed by atoms with E-state index in [1.807, 2.05) is 0 Å². The van der Waals surface area contributed by atoms with Crippen LogP contribution in [-0.4, -0.2) is 36.3 Å². The molecule has 2 aromatic carbocycles. The number of imide groups is 1. The highest BCUT2D eigenvalue weighted by Crippen LogP contribution is 2.34. The van der Waals surface area contributed by atoms with Gasteiger partial charge < -0.3 is 9.47 Å². The third kappa shape index (κ3) is 4.26. The normalized spacial score (nSPS) is 15.5. The second kappa shape index (κ2) is 8.45. The number of nitrogens with zero attached hydrogens (tertiary/aromatic N) is 1. The van der Waals surface area contributed by atoms with E-state index in [-0.39, 0.29) is 28.6 Å². The van der Waals surface area contributed by atoms with Gasteiger partial charge in [-0.15, -0.1) is 0 Å². The summed E-state index contributed by atoms with van der Waals surface area (Å²) in [5.74, 6) is 0.00290. The second-order valence-electron chi connectivity index (χ2n) is 5.47. The van der Waals surface area contributed by atoms with Crippen LogP contribution in [0.2, 0.25) is 5.02 Å². The van der Waals surface area contributed by atoms with Crippen LogP contribution in [0, 0.1) is 5.82 Å². The number of benzene rings is 2. The quantitative estimate of drug-likeness (QED) is 0.655. The van der Waals surface area contributed by atoms with Crippen molar-refractivity contribution in [3.63, 3.8) is 0 Å². The van der Waals surface area contributed by atoms with Crippen molar-refractivity contribution in [1.29, 1.82) is 0 Å². The molecule has 0 N–H and O–H groups in total. The minimum Gasteiger partial charge on any atom is -0.493 e. The summed E-state index contributed by atoms with van der Waals surface area (Å²) in [4.78, 5) is 25.8. The molecular weight excluding hydrogens is 393 g/mol. The molecule has 0 spiro atoms. The van der Waals surface area contributed by atoms with Crippen LogP contribution in [0.5, 0.6) is 11.5 Å². The van der Waals surface area contributed by atoms with Gasteiger partial charge in [-0.3, -0.25) is 14.5 Å². The fraction of sp³-hybridized carbons (Fsp3) is 0.158. The van der Waals surface area contributed by atoms with E-state index < -0.39 is 17.0 Å². The summed E-state index contributed by atoms with van der Waals surface area (Å²) in [5, 5.41) is -0.274.